The van der Waals surface area contributed by atoms with Gasteiger partial charge in [-0.05, 0) is 33.6 Å². The zero-order valence-electron chi connectivity index (χ0n) is 16.6. The van der Waals surface area contributed by atoms with Crippen LogP contribution in [0.2, 0.25) is 0 Å². The number of nitrogens with zero attached hydrogens (tertiary/aromatic N) is 2. The standard InChI is InChI=1S/C20H41N2O2/c1-5-9-10-11-12-13-14-15-20(24)21(6-2)16-17-22(7-3,8-4)18-19-23/h13-14,23H,5-12,15-19H2,1-4H3/q+1/b14-13+. The minimum absolute atomic E-state index is 0.211. The van der Waals surface area contributed by atoms with Crippen LogP contribution in [0.3, 0.4) is 0 Å². The van der Waals surface area contributed by atoms with Crippen LogP contribution in [0.25, 0.3) is 0 Å². The van der Waals surface area contributed by atoms with E-state index in [0.717, 1.165) is 50.2 Å². The summed E-state index contributed by atoms with van der Waals surface area (Å²) < 4.78 is 0.882. The lowest BCUT2D eigenvalue weighted by Gasteiger charge is -2.38. The number of rotatable bonds is 15. The van der Waals surface area contributed by atoms with E-state index in [1.165, 1.54) is 25.7 Å². The van der Waals surface area contributed by atoms with Gasteiger partial charge in [-0.25, -0.2) is 0 Å². The van der Waals surface area contributed by atoms with E-state index in [1.54, 1.807) is 0 Å². The summed E-state index contributed by atoms with van der Waals surface area (Å²) in [5.74, 6) is 0.219. The molecular weight excluding hydrogens is 300 g/mol. The lowest BCUT2D eigenvalue weighted by atomic mass is 10.1. The molecule has 0 saturated heterocycles. The van der Waals surface area contributed by atoms with Crippen molar-refractivity contribution in [1.29, 1.82) is 0 Å². The number of aliphatic hydroxyl groups excluding tert-OH is 1. The van der Waals surface area contributed by atoms with E-state index in [1.807, 2.05) is 17.9 Å². The molecule has 0 aromatic heterocycles. The largest absolute Gasteiger partial charge is 0.391 e. The second kappa shape index (κ2) is 14.5. The molecule has 0 bridgehead atoms. The van der Waals surface area contributed by atoms with Crippen molar-refractivity contribution in [2.24, 2.45) is 0 Å². The third-order valence-corrected chi connectivity index (χ3v) is 5.18. The van der Waals surface area contributed by atoms with Gasteiger partial charge in [-0.15, -0.1) is 0 Å². The first-order valence-electron chi connectivity index (χ1n) is 9.97. The van der Waals surface area contributed by atoms with Gasteiger partial charge in [-0.3, -0.25) is 4.79 Å². The maximum atomic E-state index is 12.4. The average molecular weight is 342 g/mol. The molecule has 0 heterocycles. The Bertz CT molecular complexity index is 339. The lowest BCUT2D eigenvalue weighted by molar-refractivity contribution is -0.924. The van der Waals surface area contributed by atoms with E-state index in [0.29, 0.717) is 6.42 Å². The van der Waals surface area contributed by atoms with E-state index in [-0.39, 0.29) is 12.5 Å². The average Bonchev–Trinajstić information content (AvgIpc) is 2.60. The van der Waals surface area contributed by atoms with Crippen LogP contribution in [0.4, 0.5) is 0 Å². The van der Waals surface area contributed by atoms with Crippen LogP contribution in [0, 0.1) is 0 Å². The number of hydrogen-bond acceptors (Lipinski definition) is 2. The third kappa shape index (κ3) is 9.43. The minimum atomic E-state index is 0.211. The van der Waals surface area contributed by atoms with Crippen LogP contribution in [0.1, 0.15) is 66.2 Å². The van der Waals surface area contributed by atoms with Gasteiger partial charge in [0.05, 0.1) is 32.8 Å². The predicted molar refractivity (Wildman–Crippen MR) is 103 cm³/mol. The maximum Gasteiger partial charge on any atom is 0.226 e. The first-order valence-corrected chi connectivity index (χ1v) is 9.97. The van der Waals surface area contributed by atoms with Crippen molar-refractivity contribution < 1.29 is 14.4 Å². The van der Waals surface area contributed by atoms with Crippen LogP contribution < -0.4 is 0 Å². The molecule has 0 radical (unpaired) electrons. The van der Waals surface area contributed by atoms with Crippen molar-refractivity contribution >= 4 is 5.91 Å². The highest BCUT2D eigenvalue weighted by Gasteiger charge is 2.24. The van der Waals surface area contributed by atoms with Crippen molar-refractivity contribution in [3.8, 4) is 0 Å². The summed E-state index contributed by atoms with van der Waals surface area (Å²) >= 11 is 0. The molecule has 4 heteroatoms. The smallest absolute Gasteiger partial charge is 0.226 e. The molecule has 0 aromatic carbocycles. The Labute approximate surface area is 150 Å². The quantitative estimate of drug-likeness (QED) is 0.281. The Kier molecular flexibility index (Phi) is 13.9. The second-order valence-corrected chi connectivity index (χ2v) is 6.64. The normalized spacial score (nSPS) is 12.0. The van der Waals surface area contributed by atoms with Crippen LogP contribution in [-0.4, -0.2) is 66.3 Å². The Morgan fingerprint density at radius 2 is 1.71 bits per heavy atom. The van der Waals surface area contributed by atoms with Gasteiger partial charge in [0.15, 0.2) is 0 Å². The highest BCUT2D eigenvalue weighted by Crippen LogP contribution is 2.08. The Hall–Kier alpha value is -0.870. The molecule has 1 amide bonds. The Balaban J connectivity index is 4.27. The monoisotopic (exact) mass is 341 g/mol. The van der Waals surface area contributed by atoms with Gasteiger partial charge in [-0.1, -0.05) is 38.3 Å². The SMILES string of the molecule is CCCCCC/C=C/CC(=O)N(CC)CC[N+](CC)(CC)CCO. The topological polar surface area (TPSA) is 40.5 Å². The van der Waals surface area contributed by atoms with Crippen molar-refractivity contribution in [3.63, 3.8) is 0 Å². The predicted octanol–water partition coefficient (Wildman–Crippen LogP) is 3.60. The summed E-state index contributed by atoms with van der Waals surface area (Å²) in [7, 11) is 0. The minimum Gasteiger partial charge on any atom is -0.391 e. The number of carbonyl (C=O) groups is 1. The fourth-order valence-electron chi connectivity index (χ4n) is 3.09. The summed E-state index contributed by atoms with van der Waals surface area (Å²) in [6, 6.07) is 0. The summed E-state index contributed by atoms with van der Waals surface area (Å²) in [5.41, 5.74) is 0. The molecule has 0 aliphatic heterocycles. The molecule has 0 saturated carbocycles. The first kappa shape index (κ1) is 23.1. The van der Waals surface area contributed by atoms with E-state index in [2.05, 4.69) is 26.8 Å². The van der Waals surface area contributed by atoms with Crippen LogP contribution in [-0.2, 0) is 4.79 Å². The summed E-state index contributed by atoms with van der Waals surface area (Å²) in [6.07, 6.45) is 10.9. The zero-order valence-corrected chi connectivity index (χ0v) is 16.6. The molecule has 142 valence electrons. The molecule has 0 aliphatic carbocycles. The molecule has 0 aliphatic rings. The third-order valence-electron chi connectivity index (χ3n) is 5.18. The number of quaternary nitrogens is 1. The molecule has 0 atom stereocenters. The molecule has 0 unspecified atom stereocenters. The van der Waals surface area contributed by atoms with Crippen LogP contribution >= 0.6 is 0 Å². The van der Waals surface area contributed by atoms with Gasteiger partial charge in [0.1, 0.15) is 6.54 Å². The van der Waals surface area contributed by atoms with Crippen molar-refractivity contribution in [2.75, 3.05) is 45.9 Å². The second-order valence-electron chi connectivity index (χ2n) is 6.64. The molecular formula is C20H41N2O2+. The van der Waals surface area contributed by atoms with Gasteiger partial charge >= 0.3 is 0 Å². The fraction of sp³-hybridized carbons (Fsp3) is 0.850. The van der Waals surface area contributed by atoms with Crippen molar-refractivity contribution in [2.45, 2.75) is 66.2 Å². The van der Waals surface area contributed by atoms with Crippen LogP contribution in [0.15, 0.2) is 12.2 Å². The van der Waals surface area contributed by atoms with Gasteiger partial charge in [0.2, 0.25) is 5.91 Å². The Morgan fingerprint density at radius 3 is 2.25 bits per heavy atom. The first-order chi connectivity index (χ1) is 11.6. The molecule has 1 N–H and O–H groups in total. The van der Waals surface area contributed by atoms with E-state index in [9.17, 15) is 9.90 Å². The molecule has 0 aromatic rings. The molecule has 24 heavy (non-hydrogen) atoms. The molecule has 4 nitrogen and oxygen atoms in total. The van der Waals surface area contributed by atoms with Gasteiger partial charge in [0, 0.05) is 13.0 Å². The number of carbonyl (C=O) groups excluding carboxylic acids is 1. The number of hydrogen-bond donors (Lipinski definition) is 1. The highest BCUT2D eigenvalue weighted by atomic mass is 16.3. The number of allylic oxidation sites excluding steroid dienone is 1. The number of aliphatic hydroxyl groups is 1. The zero-order chi connectivity index (χ0) is 18.3. The van der Waals surface area contributed by atoms with E-state index >= 15 is 0 Å². The van der Waals surface area contributed by atoms with Crippen LogP contribution in [0.5, 0.6) is 0 Å². The Morgan fingerprint density at radius 1 is 1.00 bits per heavy atom. The van der Waals surface area contributed by atoms with Gasteiger partial charge in [0.25, 0.3) is 0 Å². The summed E-state index contributed by atoms with van der Waals surface area (Å²) in [4.78, 5) is 14.3. The lowest BCUT2D eigenvalue weighted by Crippen LogP contribution is -2.53. The van der Waals surface area contributed by atoms with Gasteiger partial charge in [-0.2, -0.15) is 0 Å². The summed E-state index contributed by atoms with van der Waals surface area (Å²) in [6.45, 7) is 14.0. The fourth-order valence-corrected chi connectivity index (χ4v) is 3.09. The number of likely N-dealkylation sites (N-methyl/N-ethyl adjacent to an activating group) is 2. The van der Waals surface area contributed by atoms with E-state index < -0.39 is 0 Å². The summed E-state index contributed by atoms with van der Waals surface area (Å²) in [5, 5.41) is 9.31. The van der Waals surface area contributed by atoms with Crippen molar-refractivity contribution in [3.05, 3.63) is 12.2 Å². The molecule has 0 rings (SSSR count). The van der Waals surface area contributed by atoms with Gasteiger partial charge < -0.3 is 14.5 Å². The number of amides is 1. The molecule has 0 spiro atoms. The van der Waals surface area contributed by atoms with Crippen molar-refractivity contribution in [1.82, 2.24) is 4.90 Å². The molecule has 0 fully saturated rings. The van der Waals surface area contributed by atoms with E-state index in [4.69, 9.17) is 0 Å². The maximum absolute atomic E-state index is 12.4. The highest BCUT2D eigenvalue weighted by molar-refractivity contribution is 5.77. The number of unbranched alkanes of at least 4 members (excludes halogenated alkanes) is 4.